The number of para-hydroxylation sites is 1. The molecule has 0 fully saturated rings. The molecular weight excluding hydrogens is 360 g/mol. The van der Waals surface area contributed by atoms with E-state index in [1.165, 1.54) is 31.2 Å². The van der Waals surface area contributed by atoms with Gasteiger partial charge in [0.05, 0.1) is 0 Å². The summed E-state index contributed by atoms with van der Waals surface area (Å²) in [5, 5.41) is 13.9. The van der Waals surface area contributed by atoms with Crippen LogP contribution in [0.5, 0.6) is 11.5 Å². The average Bonchev–Trinajstić information content (AvgIpc) is 2.63. The maximum atomic E-state index is 11.7. The number of aryl methyl sites for hydroxylation is 1. The largest absolute Gasteiger partial charge is 0.519 e. The Hall–Kier alpha value is -3.02. The van der Waals surface area contributed by atoms with Crippen molar-refractivity contribution in [1.29, 1.82) is 0 Å². The van der Waals surface area contributed by atoms with Crippen molar-refractivity contribution < 1.29 is 29.3 Å². The molecule has 2 aromatic carbocycles. The molecule has 0 saturated heterocycles. The van der Waals surface area contributed by atoms with Gasteiger partial charge >= 0.3 is 12.3 Å². The molecule has 0 aromatic heterocycles. The highest BCUT2D eigenvalue weighted by Gasteiger charge is 2.07. The molecule has 0 heterocycles. The number of ether oxygens (including phenoxy) is 2. The first-order chi connectivity index (χ1) is 13.4. The Morgan fingerprint density at radius 1 is 0.821 bits per heavy atom. The minimum Gasteiger partial charge on any atom is -0.450 e. The normalized spacial score (nSPS) is 9.96. The van der Waals surface area contributed by atoms with Crippen molar-refractivity contribution in [2.45, 2.75) is 46.0 Å². The molecule has 2 N–H and O–H groups in total. The van der Waals surface area contributed by atoms with Crippen LogP contribution in [0.3, 0.4) is 0 Å². The second-order valence-corrected chi connectivity index (χ2v) is 6.69. The quantitative estimate of drug-likeness (QED) is 0.315. The smallest absolute Gasteiger partial charge is 0.450 e. The van der Waals surface area contributed by atoms with E-state index < -0.39 is 12.3 Å². The molecule has 0 spiro atoms. The summed E-state index contributed by atoms with van der Waals surface area (Å²) in [6.07, 6.45) is 3.57. The zero-order chi connectivity index (χ0) is 20.8. The second-order valence-electron chi connectivity index (χ2n) is 6.69. The van der Waals surface area contributed by atoms with E-state index in [0.29, 0.717) is 11.5 Å². The molecule has 0 amide bonds. The van der Waals surface area contributed by atoms with Gasteiger partial charge in [0.2, 0.25) is 0 Å². The van der Waals surface area contributed by atoms with Crippen molar-refractivity contribution in [3.63, 3.8) is 0 Å². The van der Waals surface area contributed by atoms with E-state index in [1.54, 1.807) is 24.3 Å². The fourth-order valence-electron chi connectivity index (χ4n) is 2.48. The van der Waals surface area contributed by atoms with Gasteiger partial charge in [0.15, 0.2) is 0 Å². The highest BCUT2D eigenvalue weighted by atomic mass is 16.7. The average molecular weight is 388 g/mol. The van der Waals surface area contributed by atoms with Gasteiger partial charge < -0.3 is 19.7 Å². The van der Waals surface area contributed by atoms with Crippen LogP contribution in [0.4, 0.5) is 9.59 Å². The number of hydrogen-bond donors (Lipinski definition) is 2. The molecule has 152 valence electrons. The highest BCUT2D eigenvalue weighted by Crippen LogP contribution is 2.17. The third kappa shape index (κ3) is 11.6. The van der Waals surface area contributed by atoms with Crippen LogP contribution >= 0.6 is 0 Å². The third-order valence-electron chi connectivity index (χ3n) is 3.82. The fraction of sp³-hybridized carbons (Fsp3) is 0.364. The Morgan fingerprint density at radius 2 is 1.36 bits per heavy atom. The Morgan fingerprint density at radius 3 is 1.89 bits per heavy atom. The van der Waals surface area contributed by atoms with Gasteiger partial charge in [-0.15, -0.1) is 0 Å². The summed E-state index contributed by atoms with van der Waals surface area (Å²) in [5.41, 5.74) is 1.27. The number of rotatable bonds is 8. The molecular formula is C22H28O6. The number of hydrogen-bond acceptors (Lipinski definition) is 4. The molecule has 0 saturated carbocycles. The lowest BCUT2D eigenvalue weighted by Crippen LogP contribution is -2.13. The summed E-state index contributed by atoms with van der Waals surface area (Å²) in [4.78, 5) is 20.3. The van der Waals surface area contributed by atoms with Crippen LogP contribution in [0, 0.1) is 5.92 Å². The predicted molar refractivity (Wildman–Crippen MR) is 107 cm³/mol. The topological polar surface area (TPSA) is 93.1 Å². The summed E-state index contributed by atoms with van der Waals surface area (Å²) in [5.74, 6) is 1.76. The van der Waals surface area contributed by atoms with E-state index in [1.807, 2.05) is 30.3 Å². The van der Waals surface area contributed by atoms with Gasteiger partial charge in [0.25, 0.3) is 0 Å². The summed E-state index contributed by atoms with van der Waals surface area (Å²) >= 11 is 0. The first kappa shape index (κ1) is 23.0. The number of carboxylic acid groups (broad SMARTS) is 2. The van der Waals surface area contributed by atoms with Crippen LogP contribution in [0.15, 0.2) is 54.6 Å². The highest BCUT2D eigenvalue weighted by molar-refractivity contribution is 5.67. The molecule has 0 atom stereocenters. The number of unbranched alkanes of at least 4 members (excludes halogenated alkanes) is 2. The Kier molecular flexibility index (Phi) is 10.8. The summed E-state index contributed by atoms with van der Waals surface area (Å²) in [6.45, 7) is 4.53. The maximum Gasteiger partial charge on any atom is 0.519 e. The minimum atomic E-state index is -1.83. The zero-order valence-electron chi connectivity index (χ0n) is 16.3. The summed E-state index contributed by atoms with van der Waals surface area (Å²) in [6, 6.07) is 16.5. The monoisotopic (exact) mass is 388 g/mol. The number of benzene rings is 2. The van der Waals surface area contributed by atoms with Crippen LogP contribution in [0.2, 0.25) is 0 Å². The summed E-state index contributed by atoms with van der Waals surface area (Å²) in [7, 11) is 0. The van der Waals surface area contributed by atoms with Crippen LogP contribution in [-0.2, 0) is 6.42 Å². The zero-order valence-corrected chi connectivity index (χ0v) is 16.3. The Bertz CT molecular complexity index is 691. The van der Waals surface area contributed by atoms with E-state index in [-0.39, 0.29) is 0 Å². The summed E-state index contributed by atoms with van der Waals surface area (Å²) < 4.78 is 10.3. The van der Waals surface area contributed by atoms with Crippen LogP contribution in [0.25, 0.3) is 0 Å². The molecule has 28 heavy (non-hydrogen) atoms. The van der Waals surface area contributed by atoms with Crippen LogP contribution in [0.1, 0.15) is 45.1 Å². The number of carbonyl (C=O) groups is 2. The molecule has 2 rings (SSSR count). The molecule has 0 unspecified atom stereocenters. The lowest BCUT2D eigenvalue weighted by molar-refractivity contribution is 0.136. The van der Waals surface area contributed by atoms with Gasteiger partial charge in [-0.3, -0.25) is 0 Å². The van der Waals surface area contributed by atoms with Crippen molar-refractivity contribution in [3.8, 4) is 11.5 Å². The van der Waals surface area contributed by atoms with E-state index in [0.717, 1.165) is 12.3 Å². The van der Waals surface area contributed by atoms with Gasteiger partial charge in [-0.05, 0) is 48.6 Å². The maximum absolute atomic E-state index is 11.7. The van der Waals surface area contributed by atoms with E-state index >= 15 is 0 Å². The first-order valence-corrected chi connectivity index (χ1v) is 9.32. The Labute approximate surface area is 165 Å². The van der Waals surface area contributed by atoms with Crippen LogP contribution in [-0.4, -0.2) is 22.5 Å². The number of carbonyl (C=O) groups excluding carboxylic acids is 1. The molecule has 0 radical (unpaired) electrons. The molecule has 6 nitrogen and oxygen atoms in total. The van der Waals surface area contributed by atoms with Crippen LogP contribution < -0.4 is 9.47 Å². The van der Waals surface area contributed by atoms with Crippen molar-refractivity contribution in [1.82, 2.24) is 0 Å². The molecule has 2 aromatic rings. The first-order valence-electron chi connectivity index (χ1n) is 9.32. The van der Waals surface area contributed by atoms with Crippen molar-refractivity contribution in [2.24, 2.45) is 5.92 Å². The fourth-order valence-corrected chi connectivity index (χ4v) is 2.48. The minimum absolute atomic E-state index is 0.473. The second kappa shape index (κ2) is 13.2. The van der Waals surface area contributed by atoms with Gasteiger partial charge in [-0.25, -0.2) is 9.59 Å². The van der Waals surface area contributed by atoms with Gasteiger partial charge in [0, 0.05) is 0 Å². The van der Waals surface area contributed by atoms with Gasteiger partial charge in [-0.1, -0.05) is 63.4 Å². The third-order valence-corrected chi connectivity index (χ3v) is 3.82. The SMILES string of the molecule is CC(C)CCCCCc1ccc(OC(=O)Oc2ccccc2)cc1.O=C(O)O. The molecule has 0 aliphatic heterocycles. The lowest BCUT2D eigenvalue weighted by Gasteiger charge is -2.07. The molecule has 0 aliphatic rings. The standard InChI is InChI=1S/C21H26O3.CH2O3/c1-17(2)9-5-3-6-10-18-13-15-20(16-14-18)24-21(22)23-19-11-7-4-8-12-19;2-1(3)4/h4,7-8,11-17H,3,5-6,9-10H2,1-2H3;(H2,2,3,4). The van der Waals surface area contributed by atoms with Crippen molar-refractivity contribution in [2.75, 3.05) is 0 Å². The molecule has 6 heteroatoms. The molecule has 0 aliphatic carbocycles. The van der Waals surface area contributed by atoms with Gasteiger partial charge in [-0.2, -0.15) is 0 Å². The van der Waals surface area contributed by atoms with Crippen molar-refractivity contribution in [3.05, 3.63) is 60.2 Å². The molecule has 0 bridgehead atoms. The Balaban J connectivity index is 0.000000892. The van der Waals surface area contributed by atoms with E-state index in [9.17, 15) is 4.79 Å². The predicted octanol–water partition coefficient (Wildman–Crippen LogP) is 6.25. The van der Waals surface area contributed by atoms with E-state index in [2.05, 4.69) is 13.8 Å². The van der Waals surface area contributed by atoms with Crippen molar-refractivity contribution >= 4 is 12.3 Å². The van der Waals surface area contributed by atoms with E-state index in [4.69, 9.17) is 24.5 Å². The van der Waals surface area contributed by atoms with Gasteiger partial charge in [0.1, 0.15) is 11.5 Å². The lowest BCUT2D eigenvalue weighted by atomic mass is 10.0.